The predicted octanol–water partition coefficient (Wildman–Crippen LogP) is 4.59. The van der Waals surface area contributed by atoms with Crippen LogP contribution < -0.4 is 10.3 Å². The van der Waals surface area contributed by atoms with E-state index in [4.69, 9.17) is 9.15 Å². The minimum absolute atomic E-state index is 0.174. The Kier molecular flexibility index (Phi) is 6.53. The van der Waals surface area contributed by atoms with Crippen molar-refractivity contribution in [3.63, 3.8) is 0 Å². The Morgan fingerprint density at radius 2 is 1.66 bits per heavy atom. The van der Waals surface area contributed by atoms with Crippen LogP contribution in [0.1, 0.15) is 34.7 Å². The Hall–Kier alpha value is -3.49. The lowest BCUT2D eigenvalue weighted by atomic mass is 10.0. The fourth-order valence-corrected chi connectivity index (χ4v) is 6.14. The molecule has 0 radical (unpaired) electrons. The summed E-state index contributed by atoms with van der Waals surface area (Å²) < 4.78 is 39.5. The zero-order valence-electron chi connectivity index (χ0n) is 20.3. The molecule has 1 aromatic heterocycles. The quantitative estimate of drug-likeness (QED) is 0.239. The normalized spacial score (nSPS) is 12.7. The smallest absolute Gasteiger partial charge is 0.336 e. The second-order valence-corrected chi connectivity index (χ2v) is 10.4. The number of sulfonamides is 1. The second kappa shape index (κ2) is 9.28. The number of hydrogen-bond acceptors (Lipinski definition) is 6. The Balaban J connectivity index is 1.59. The van der Waals surface area contributed by atoms with Gasteiger partial charge in [-0.05, 0) is 73.7 Å². The number of ether oxygens (including phenoxy) is 1. The number of nitrogens with one attached hydrogen (secondary N) is 1. The summed E-state index contributed by atoms with van der Waals surface area (Å²) in [5, 5.41) is 2.47. The molecule has 1 heterocycles. The van der Waals surface area contributed by atoms with Crippen molar-refractivity contribution in [1.82, 2.24) is 4.72 Å². The third kappa shape index (κ3) is 4.72. The Morgan fingerprint density at radius 1 is 1.00 bits per heavy atom. The highest BCUT2D eigenvalue weighted by Crippen LogP contribution is 2.28. The van der Waals surface area contributed by atoms with E-state index in [9.17, 15) is 18.0 Å². The lowest BCUT2D eigenvalue weighted by molar-refractivity contribution is -0.146. The first-order chi connectivity index (χ1) is 16.5. The van der Waals surface area contributed by atoms with Crippen LogP contribution in [0.4, 0.5) is 0 Å². The molecule has 0 amide bonds. The summed E-state index contributed by atoms with van der Waals surface area (Å²) in [4.78, 5) is 25.0. The van der Waals surface area contributed by atoms with Gasteiger partial charge in [0.2, 0.25) is 10.0 Å². The zero-order chi connectivity index (χ0) is 25.5. The number of carbonyl (C=O) groups is 1. The van der Waals surface area contributed by atoms with Crippen LogP contribution in [0.5, 0.6) is 0 Å². The van der Waals surface area contributed by atoms with Crippen LogP contribution in [0.15, 0.2) is 62.6 Å². The van der Waals surface area contributed by atoms with Crippen LogP contribution in [0.3, 0.4) is 0 Å². The molecule has 1 unspecified atom stereocenters. The van der Waals surface area contributed by atoms with Crippen LogP contribution in [0.25, 0.3) is 21.7 Å². The van der Waals surface area contributed by atoms with Crippen LogP contribution in [0.2, 0.25) is 0 Å². The van der Waals surface area contributed by atoms with E-state index in [1.54, 1.807) is 19.9 Å². The molecule has 0 saturated heterocycles. The van der Waals surface area contributed by atoms with Crippen molar-refractivity contribution in [2.75, 3.05) is 0 Å². The molecule has 0 spiro atoms. The maximum Gasteiger partial charge on any atom is 0.336 e. The van der Waals surface area contributed by atoms with E-state index in [0.717, 1.165) is 21.9 Å². The molecule has 8 heteroatoms. The summed E-state index contributed by atoms with van der Waals surface area (Å²) in [6.45, 7) is 8.42. The van der Waals surface area contributed by atoms with Crippen molar-refractivity contribution in [2.24, 2.45) is 0 Å². The molecule has 1 atom stereocenters. The van der Waals surface area contributed by atoms with E-state index in [1.807, 2.05) is 50.2 Å². The maximum absolute atomic E-state index is 13.2. The van der Waals surface area contributed by atoms with Gasteiger partial charge >= 0.3 is 11.6 Å². The first-order valence-corrected chi connectivity index (χ1v) is 12.7. The largest absolute Gasteiger partial charge is 0.460 e. The Labute approximate surface area is 203 Å². The fraction of sp³-hybridized carbons (Fsp3) is 0.259. The summed E-state index contributed by atoms with van der Waals surface area (Å²) in [7, 11) is -3.98. The first kappa shape index (κ1) is 24.6. The summed E-state index contributed by atoms with van der Waals surface area (Å²) in [5.41, 5.74) is 3.28. The van der Waals surface area contributed by atoms with E-state index in [1.165, 1.54) is 13.0 Å². The van der Waals surface area contributed by atoms with Crippen molar-refractivity contribution < 1.29 is 22.4 Å². The second-order valence-electron chi connectivity index (χ2n) is 8.79. The summed E-state index contributed by atoms with van der Waals surface area (Å²) in [6.07, 6.45) is 0. The molecule has 1 N–H and O–H groups in total. The monoisotopic (exact) mass is 493 g/mol. The third-order valence-corrected chi connectivity index (χ3v) is 8.15. The summed E-state index contributed by atoms with van der Waals surface area (Å²) in [5.74, 6) is -0.755. The molecule has 0 bridgehead atoms. The number of carbonyl (C=O) groups excluding carboxylic acids is 1. The lowest BCUT2D eigenvalue weighted by Gasteiger charge is -2.19. The van der Waals surface area contributed by atoms with Crippen molar-refractivity contribution in [2.45, 2.75) is 52.2 Å². The number of aryl methyl sites for hydroxylation is 2. The molecule has 3 aromatic carbocycles. The highest BCUT2D eigenvalue weighted by molar-refractivity contribution is 7.89. The molecule has 0 saturated carbocycles. The van der Waals surface area contributed by atoms with Gasteiger partial charge in [-0.15, -0.1) is 0 Å². The molecule has 4 rings (SSSR count). The van der Waals surface area contributed by atoms with E-state index in [0.29, 0.717) is 27.7 Å². The van der Waals surface area contributed by atoms with Gasteiger partial charge < -0.3 is 9.15 Å². The van der Waals surface area contributed by atoms with E-state index < -0.39 is 27.7 Å². The third-order valence-electron chi connectivity index (χ3n) is 6.34. The van der Waals surface area contributed by atoms with Gasteiger partial charge in [-0.1, -0.05) is 36.4 Å². The van der Waals surface area contributed by atoms with Crippen LogP contribution >= 0.6 is 0 Å². The fourth-order valence-electron chi connectivity index (χ4n) is 4.33. The van der Waals surface area contributed by atoms with E-state index in [-0.39, 0.29) is 11.5 Å². The molecule has 0 fully saturated rings. The SMILES string of the molecule is Cc1cc(C)c(C)c(S(=O)(=O)NC(C)C(=O)OCc2cc(=O)oc3ccc4ccccc4c23)c1C. The van der Waals surface area contributed by atoms with Crippen LogP contribution in [-0.4, -0.2) is 20.4 Å². The Bertz CT molecular complexity index is 1610. The topological polar surface area (TPSA) is 103 Å². The molecule has 0 aliphatic heterocycles. The van der Waals surface area contributed by atoms with Crippen molar-refractivity contribution in [3.8, 4) is 0 Å². The van der Waals surface area contributed by atoms with Gasteiger partial charge in [-0.2, -0.15) is 4.72 Å². The Morgan fingerprint density at radius 3 is 2.34 bits per heavy atom. The number of esters is 1. The molecule has 7 nitrogen and oxygen atoms in total. The van der Waals surface area contributed by atoms with Gasteiger partial charge in [0.05, 0.1) is 4.90 Å². The average molecular weight is 494 g/mol. The minimum Gasteiger partial charge on any atom is -0.460 e. The van der Waals surface area contributed by atoms with Crippen molar-refractivity contribution in [1.29, 1.82) is 0 Å². The molecule has 182 valence electrons. The van der Waals surface area contributed by atoms with E-state index >= 15 is 0 Å². The highest BCUT2D eigenvalue weighted by Gasteiger charge is 2.27. The van der Waals surface area contributed by atoms with Gasteiger partial charge in [0.25, 0.3) is 0 Å². The summed E-state index contributed by atoms with van der Waals surface area (Å²) in [6, 6.07) is 13.3. The zero-order valence-corrected chi connectivity index (χ0v) is 21.1. The molecule has 0 aliphatic rings. The van der Waals surface area contributed by atoms with Crippen molar-refractivity contribution >= 4 is 37.7 Å². The van der Waals surface area contributed by atoms with Crippen LogP contribution in [0, 0.1) is 27.7 Å². The van der Waals surface area contributed by atoms with Crippen molar-refractivity contribution in [3.05, 3.63) is 86.8 Å². The predicted molar refractivity (Wildman–Crippen MR) is 135 cm³/mol. The van der Waals surface area contributed by atoms with Gasteiger partial charge in [-0.25, -0.2) is 13.2 Å². The minimum atomic E-state index is -3.98. The molecule has 35 heavy (non-hydrogen) atoms. The molecule has 0 aliphatic carbocycles. The maximum atomic E-state index is 13.2. The van der Waals surface area contributed by atoms with Gasteiger partial charge in [0, 0.05) is 17.0 Å². The van der Waals surface area contributed by atoms with Gasteiger partial charge in [-0.3, -0.25) is 4.79 Å². The molecular weight excluding hydrogens is 466 g/mol. The molecule has 4 aromatic rings. The number of hydrogen-bond donors (Lipinski definition) is 1. The number of benzene rings is 3. The lowest BCUT2D eigenvalue weighted by Crippen LogP contribution is -2.40. The first-order valence-electron chi connectivity index (χ1n) is 11.2. The summed E-state index contributed by atoms with van der Waals surface area (Å²) >= 11 is 0. The molecular formula is C27H27NO6S. The average Bonchev–Trinajstić information content (AvgIpc) is 2.80. The van der Waals surface area contributed by atoms with E-state index in [2.05, 4.69) is 4.72 Å². The number of rotatable bonds is 6. The van der Waals surface area contributed by atoms with Crippen LogP contribution in [-0.2, 0) is 26.2 Å². The van der Waals surface area contributed by atoms with Gasteiger partial charge in [0.15, 0.2) is 0 Å². The highest BCUT2D eigenvalue weighted by atomic mass is 32.2. The van der Waals surface area contributed by atoms with Gasteiger partial charge in [0.1, 0.15) is 18.2 Å². The number of fused-ring (bicyclic) bond motifs is 3. The standard InChI is InChI=1S/C27H27NO6S/c1-15-12-16(2)18(4)26(17(15)3)35(31,32)28-19(5)27(30)33-14-21-13-24(29)34-23-11-10-20-8-6-7-9-22(20)25(21)23/h6-13,19,28H,14H2,1-5H3.